The first kappa shape index (κ1) is 9.97. The molecule has 0 spiro atoms. The number of phenolic OH excluding ortho intramolecular Hbond substituents is 1. The quantitative estimate of drug-likeness (QED) is 0.659. The highest BCUT2D eigenvalue weighted by Gasteiger charge is 2.19. The molecule has 5 nitrogen and oxygen atoms in total. The summed E-state index contributed by atoms with van der Waals surface area (Å²) in [6, 6.07) is 1.29. The van der Waals surface area contributed by atoms with Crippen LogP contribution in [0.5, 0.6) is 5.75 Å². The maximum atomic E-state index is 13.1. The van der Waals surface area contributed by atoms with Crippen LogP contribution in [-0.4, -0.2) is 27.3 Å². The van der Waals surface area contributed by atoms with Crippen molar-refractivity contribution in [1.82, 2.24) is 0 Å². The fraction of sp³-hybridized carbons (Fsp3) is 0. The number of benzene rings is 1. The van der Waals surface area contributed by atoms with E-state index >= 15 is 0 Å². The molecule has 0 aliphatic rings. The lowest BCUT2D eigenvalue weighted by Crippen LogP contribution is -2.07. The average Bonchev–Trinajstić information content (AvgIpc) is 2.07. The summed E-state index contributed by atoms with van der Waals surface area (Å²) in [5.41, 5.74) is -1.75. The van der Waals surface area contributed by atoms with Gasteiger partial charge >= 0.3 is 11.9 Å². The number of aromatic carboxylic acids is 2. The van der Waals surface area contributed by atoms with Crippen molar-refractivity contribution in [3.05, 3.63) is 29.1 Å². The standard InChI is InChI=1S/C8H5FO5/c9-6-4(7(11)12)1-3(10)2-5(6)8(13)14/h1-2,10H,(H,11,12)(H,13,14). The van der Waals surface area contributed by atoms with E-state index in [1.54, 1.807) is 0 Å². The fourth-order valence-electron chi connectivity index (χ4n) is 0.920. The molecular weight excluding hydrogens is 195 g/mol. The molecule has 1 aromatic rings. The number of carboxylic acid groups (broad SMARTS) is 2. The summed E-state index contributed by atoms with van der Waals surface area (Å²) in [7, 11) is 0. The van der Waals surface area contributed by atoms with Gasteiger partial charge in [0.25, 0.3) is 0 Å². The SMILES string of the molecule is O=C(O)c1cc(O)cc(C(=O)O)c1F. The van der Waals surface area contributed by atoms with Gasteiger partial charge < -0.3 is 15.3 Å². The lowest BCUT2D eigenvalue weighted by molar-refractivity contribution is 0.0687. The Hall–Kier alpha value is -2.11. The van der Waals surface area contributed by atoms with Crippen molar-refractivity contribution in [3.63, 3.8) is 0 Å². The van der Waals surface area contributed by atoms with Crippen molar-refractivity contribution < 1.29 is 29.3 Å². The van der Waals surface area contributed by atoms with Crippen molar-refractivity contribution in [2.24, 2.45) is 0 Å². The van der Waals surface area contributed by atoms with Gasteiger partial charge in [0, 0.05) is 0 Å². The van der Waals surface area contributed by atoms with E-state index in [1.165, 1.54) is 0 Å². The number of phenols is 1. The number of halogens is 1. The summed E-state index contributed by atoms with van der Waals surface area (Å²) >= 11 is 0. The Kier molecular flexibility index (Phi) is 2.37. The van der Waals surface area contributed by atoms with Crippen LogP contribution in [0.15, 0.2) is 12.1 Å². The average molecular weight is 200 g/mol. The maximum Gasteiger partial charge on any atom is 0.338 e. The van der Waals surface area contributed by atoms with Crippen molar-refractivity contribution in [1.29, 1.82) is 0 Å². The molecule has 0 amide bonds. The minimum atomic E-state index is -1.64. The molecule has 0 unspecified atom stereocenters. The van der Waals surface area contributed by atoms with E-state index < -0.39 is 34.6 Å². The molecule has 0 saturated carbocycles. The molecule has 0 heterocycles. The van der Waals surface area contributed by atoms with Crippen LogP contribution in [0.2, 0.25) is 0 Å². The third kappa shape index (κ3) is 1.63. The zero-order chi connectivity index (χ0) is 10.9. The predicted octanol–water partition coefficient (Wildman–Crippen LogP) is 0.928. The van der Waals surface area contributed by atoms with Gasteiger partial charge in [-0.25, -0.2) is 14.0 Å². The highest BCUT2D eigenvalue weighted by atomic mass is 19.1. The van der Waals surface area contributed by atoms with Gasteiger partial charge in [-0.15, -0.1) is 0 Å². The minimum Gasteiger partial charge on any atom is -0.508 e. The Labute approximate surface area is 77.0 Å². The largest absolute Gasteiger partial charge is 0.508 e. The Morgan fingerprint density at radius 2 is 1.43 bits per heavy atom. The lowest BCUT2D eigenvalue weighted by atomic mass is 10.1. The number of carbonyl (C=O) groups is 2. The Morgan fingerprint density at radius 3 is 1.71 bits per heavy atom. The van der Waals surface area contributed by atoms with Crippen LogP contribution >= 0.6 is 0 Å². The maximum absolute atomic E-state index is 13.1. The van der Waals surface area contributed by atoms with Gasteiger partial charge in [0.15, 0.2) is 5.82 Å². The zero-order valence-electron chi connectivity index (χ0n) is 6.69. The van der Waals surface area contributed by atoms with Crippen molar-refractivity contribution >= 4 is 11.9 Å². The van der Waals surface area contributed by atoms with E-state index in [0.717, 1.165) is 0 Å². The van der Waals surface area contributed by atoms with E-state index in [1.807, 2.05) is 0 Å². The van der Waals surface area contributed by atoms with Gasteiger partial charge in [0.05, 0.1) is 11.1 Å². The van der Waals surface area contributed by atoms with Crippen LogP contribution < -0.4 is 0 Å². The molecule has 1 rings (SSSR count). The van der Waals surface area contributed by atoms with Crippen LogP contribution in [0.25, 0.3) is 0 Å². The van der Waals surface area contributed by atoms with Crippen LogP contribution in [0, 0.1) is 5.82 Å². The third-order valence-electron chi connectivity index (χ3n) is 1.52. The van der Waals surface area contributed by atoms with Crippen LogP contribution in [-0.2, 0) is 0 Å². The Morgan fingerprint density at radius 1 is 1.07 bits per heavy atom. The Bertz CT molecular complexity index is 377. The molecule has 0 aliphatic carbocycles. The minimum absolute atomic E-state index is 0.610. The second-order valence-corrected chi connectivity index (χ2v) is 2.47. The number of hydrogen-bond donors (Lipinski definition) is 3. The number of carboxylic acids is 2. The van der Waals surface area contributed by atoms with Crippen molar-refractivity contribution in [2.45, 2.75) is 0 Å². The molecular formula is C8H5FO5. The predicted molar refractivity (Wildman–Crippen MR) is 42.0 cm³/mol. The first-order chi connectivity index (χ1) is 6.43. The number of hydrogen-bond acceptors (Lipinski definition) is 3. The highest BCUT2D eigenvalue weighted by Crippen LogP contribution is 2.20. The normalized spacial score (nSPS) is 9.79. The van der Waals surface area contributed by atoms with Gasteiger partial charge in [-0.1, -0.05) is 0 Å². The van der Waals surface area contributed by atoms with Gasteiger partial charge in [-0.3, -0.25) is 0 Å². The third-order valence-corrected chi connectivity index (χ3v) is 1.52. The zero-order valence-corrected chi connectivity index (χ0v) is 6.69. The molecule has 0 aromatic heterocycles. The monoisotopic (exact) mass is 200 g/mol. The second kappa shape index (κ2) is 3.33. The van der Waals surface area contributed by atoms with Crippen LogP contribution in [0.4, 0.5) is 4.39 Å². The molecule has 0 bridgehead atoms. The first-order valence-electron chi connectivity index (χ1n) is 3.42. The topological polar surface area (TPSA) is 94.8 Å². The van der Waals surface area contributed by atoms with Gasteiger partial charge in [-0.05, 0) is 12.1 Å². The van der Waals surface area contributed by atoms with E-state index in [4.69, 9.17) is 15.3 Å². The summed E-state index contributed by atoms with van der Waals surface area (Å²) in [6.45, 7) is 0. The molecule has 0 atom stereocenters. The van der Waals surface area contributed by atoms with Gasteiger partial charge in [0.1, 0.15) is 5.75 Å². The summed E-state index contributed by atoms with van der Waals surface area (Å²) in [4.78, 5) is 20.8. The number of aromatic hydroxyl groups is 1. The molecule has 6 heteroatoms. The molecule has 0 aliphatic heterocycles. The van der Waals surface area contributed by atoms with Gasteiger partial charge in [-0.2, -0.15) is 0 Å². The van der Waals surface area contributed by atoms with E-state index in [0.29, 0.717) is 12.1 Å². The molecule has 14 heavy (non-hydrogen) atoms. The highest BCUT2D eigenvalue weighted by molar-refractivity contribution is 5.95. The molecule has 0 fully saturated rings. The number of rotatable bonds is 2. The lowest BCUT2D eigenvalue weighted by Gasteiger charge is -2.02. The molecule has 1 aromatic carbocycles. The van der Waals surface area contributed by atoms with Crippen LogP contribution in [0.3, 0.4) is 0 Å². The van der Waals surface area contributed by atoms with E-state index in [2.05, 4.69) is 0 Å². The summed E-state index contributed by atoms with van der Waals surface area (Å²) in [5.74, 6) is -5.26. The molecule has 3 N–H and O–H groups in total. The van der Waals surface area contributed by atoms with E-state index in [9.17, 15) is 14.0 Å². The van der Waals surface area contributed by atoms with E-state index in [-0.39, 0.29) is 0 Å². The first-order valence-corrected chi connectivity index (χ1v) is 3.42. The summed E-state index contributed by atoms with van der Waals surface area (Å²) < 4.78 is 13.1. The van der Waals surface area contributed by atoms with Crippen LogP contribution in [0.1, 0.15) is 20.7 Å². The molecule has 0 radical (unpaired) electrons. The Balaban J connectivity index is 3.47. The molecule has 74 valence electrons. The smallest absolute Gasteiger partial charge is 0.338 e. The summed E-state index contributed by atoms with van der Waals surface area (Å²) in [5, 5.41) is 25.8. The second-order valence-electron chi connectivity index (χ2n) is 2.47. The van der Waals surface area contributed by atoms with Crippen molar-refractivity contribution in [3.8, 4) is 5.75 Å². The van der Waals surface area contributed by atoms with Crippen molar-refractivity contribution in [2.75, 3.05) is 0 Å². The van der Waals surface area contributed by atoms with Gasteiger partial charge in [0.2, 0.25) is 0 Å². The summed E-state index contributed by atoms with van der Waals surface area (Å²) in [6.07, 6.45) is 0. The fourth-order valence-corrected chi connectivity index (χ4v) is 0.920. The molecule has 0 saturated heterocycles.